The van der Waals surface area contributed by atoms with Gasteiger partial charge in [-0.25, -0.2) is 4.79 Å². The van der Waals surface area contributed by atoms with Gasteiger partial charge in [0.15, 0.2) is 6.73 Å². The molecule has 1 saturated heterocycles. The number of unbranched alkanes of at least 4 members (excludes halogenated alkanes) is 1. The molecule has 0 radical (unpaired) electrons. The summed E-state index contributed by atoms with van der Waals surface area (Å²) in [7, 11) is 0. The normalized spacial score (nSPS) is 15.1. The van der Waals surface area contributed by atoms with Gasteiger partial charge in [0.25, 0.3) is 0 Å². The van der Waals surface area contributed by atoms with Gasteiger partial charge < -0.3 is 24.0 Å². The Bertz CT molecular complexity index is 1560. The van der Waals surface area contributed by atoms with Crippen molar-refractivity contribution in [3.63, 3.8) is 0 Å². The summed E-state index contributed by atoms with van der Waals surface area (Å²) < 4.78 is 18.1. The van der Waals surface area contributed by atoms with Gasteiger partial charge in [-0.05, 0) is 78.9 Å². The second-order valence-electron chi connectivity index (χ2n) is 10.4. The van der Waals surface area contributed by atoms with E-state index in [1.807, 2.05) is 52.7 Å². The topological polar surface area (TPSA) is 54.5 Å². The molecule has 3 heterocycles. The molecular weight excluding hydrogens is 546 g/mol. The first kappa shape index (κ1) is 27.9. The van der Waals surface area contributed by atoms with E-state index in [1.165, 1.54) is 15.8 Å². The minimum Gasteiger partial charge on any atom is -0.494 e. The first-order valence-electron chi connectivity index (χ1n) is 14.4. The van der Waals surface area contributed by atoms with Gasteiger partial charge in [-0.3, -0.25) is 4.90 Å². The molecule has 2 aliphatic rings. The summed E-state index contributed by atoms with van der Waals surface area (Å²) in [6, 6.07) is 23.7. The zero-order valence-electron chi connectivity index (χ0n) is 23.6. The second kappa shape index (κ2) is 13.1. The molecule has 8 heteroatoms. The zero-order valence-corrected chi connectivity index (χ0v) is 24.4. The summed E-state index contributed by atoms with van der Waals surface area (Å²) in [4.78, 5) is 19.1. The number of hydrogen-bond acceptors (Lipinski definition) is 8. The van der Waals surface area contributed by atoms with Crippen LogP contribution in [0.5, 0.6) is 11.5 Å². The molecule has 0 N–H and O–H groups in total. The molecule has 4 aromatic rings. The van der Waals surface area contributed by atoms with Gasteiger partial charge in [-0.1, -0.05) is 36.9 Å². The summed E-state index contributed by atoms with van der Waals surface area (Å²) >= 11 is 1.81. The van der Waals surface area contributed by atoms with Crippen LogP contribution in [-0.2, 0) is 4.74 Å². The van der Waals surface area contributed by atoms with Gasteiger partial charge in [0.2, 0.25) is 0 Å². The van der Waals surface area contributed by atoms with Crippen molar-refractivity contribution in [2.24, 2.45) is 0 Å². The fraction of sp³-hybridized carbons (Fsp3) is 0.265. The number of piperazine rings is 1. The zero-order chi connectivity index (χ0) is 28.7. The Kier molecular flexibility index (Phi) is 8.72. The molecule has 0 aliphatic carbocycles. The van der Waals surface area contributed by atoms with Crippen molar-refractivity contribution in [1.82, 2.24) is 4.90 Å². The van der Waals surface area contributed by atoms with Crippen LogP contribution in [0.25, 0.3) is 16.2 Å². The van der Waals surface area contributed by atoms with Crippen molar-refractivity contribution in [2.75, 3.05) is 55.9 Å². The molecule has 0 spiro atoms. The molecule has 0 unspecified atom stereocenters. The summed E-state index contributed by atoms with van der Waals surface area (Å²) in [6.07, 6.45) is 5.21. The number of benzene rings is 3. The Morgan fingerprint density at radius 2 is 1.71 bits per heavy atom. The summed E-state index contributed by atoms with van der Waals surface area (Å²) in [5.74, 6) is 1.22. The van der Waals surface area contributed by atoms with Crippen molar-refractivity contribution in [3.05, 3.63) is 102 Å². The Morgan fingerprint density at radius 1 is 0.857 bits per heavy atom. The molecule has 2 aliphatic heterocycles. The molecule has 0 bridgehead atoms. The van der Waals surface area contributed by atoms with Crippen LogP contribution >= 0.6 is 11.3 Å². The quantitative estimate of drug-likeness (QED) is 0.110. The number of allylic oxidation sites excluding steroid dienone is 1. The minimum absolute atomic E-state index is 0.0129. The van der Waals surface area contributed by atoms with Crippen LogP contribution in [0, 0.1) is 0 Å². The van der Waals surface area contributed by atoms with Crippen molar-refractivity contribution >= 4 is 45.0 Å². The van der Waals surface area contributed by atoms with E-state index in [4.69, 9.17) is 14.2 Å². The van der Waals surface area contributed by atoms with Crippen LogP contribution in [0.3, 0.4) is 0 Å². The molecule has 0 amide bonds. The first-order chi connectivity index (χ1) is 20.6. The first-order valence-corrected chi connectivity index (χ1v) is 15.3. The van der Waals surface area contributed by atoms with Gasteiger partial charge in [0, 0.05) is 53.7 Å². The number of carbonyl (C=O) groups excluding carboxylic acids is 1. The number of anilines is 2. The lowest BCUT2D eigenvalue weighted by atomic mass is 10.1. The molecule has 216 valence electrons. The van der Waals surface area contributed by atoms with E-state index in [9.17, 15) is 4.79 Å². The van der Waals surface area contributed by atoms with E-state index in [0.29, 0.717) is 12.4 Å². The second-order valence-corrected chi connectivity index (χ2v) is 11.4. The predicted octanol–water partition coefficient (Wildman–Crippen LogP) is 7.40. The van der Waals surface area contributed by atoms with Crippen molar-refractivity contribution in [3.8, 4) is 11.5 Å². The number of ether oxygens (including phenoxy) is 3. The summed E-state index contributed by atoms with van der Waals surface area (Å²) in [5, 5.41) is 3.55. The van der Waals surface area contributed by atoms with E-state index < -0.39 is 6.16 Å². The number of carbonyl (C=O) groups is 1. The molecule has 1 fully saturated rings. The number of thiophene rings is 1. The van der Waals surface area contributed by atoms with E-state index in [-0.39, 0.29) is 6.73 Å². The highest BCUT2D eigenvalue weighted by molar-refractivity contribution is 7.17. The van der Waals surface area contributed by atoms with Crippen molar-refractivity contribution in [1.29, 1.82) is 0 Å². The van der Waals surface area contributed by atoms with E-state index in [0.717, 1.165) is 68.3 Å². The minimum atomic E-state index is -0.765. The highest BCUT2D eigenvalue weighted by atomic mass is 32.1. The number of para-hydroxylation sites is 1. The third-order valence-electron chi connectivity index (χ3n) is 7.67. The molecule has 42 heavy (non-hydrogen) atoms. The van der Waals surface area contributed by atoms with Crippen LogP contribution in [0.4, 0.5) is 16.2 Å². The SMILES string of the molecule is C=C1C=Cc2ccc(OCCCCN3CCN(c4cccc5sccc45)CC3)cc2N1COC(=O)Oc1ccccc1. The van der Waals surface area contributed by atoms with Gasteiger partial charge in [-0.2, -0.15) is 0 Å². The average molecular weight is 582 g/mol. The number of nitrogens with zero attached hydrogens (tertiary/aromatic N) is 3. The van der Waals surface area contributed by atoms with Gasteiger partial charge in [-0.15, -0.1) is 11.3 Å². The van der Waals surface area contributed by atoms with Crippen molar-refractivity contribution < 1.29 is 19.0 Å². The maximum Gasteiger partial charge on any atom is 0.515 e. The molecule has 7 nitrogen and oxygen atoms in total. The van der Waals surface area contributed by atoms with Crippen LogP contribution in [0.2, 0.25) is 0 Å². The van der Waals surface area contributed by atoms with Gasteiger partial charge in [0.1, 0.15) is 11.5 Å². The van der Waals surface area contributed by atoms with E-state index in [2.05, 4.69) is 46.0 Å². The maximum absolute atomic E-state index is 12.2. The van der Waals surface area contributed by atoms with Crippen LogP contribution in [0.15, 0.2) is 96.5 Å². The van der Waals surface area contributed by atoms with E-state index in [1.54, 1.807) is 24.3 Å². The highest BCUT2D eigenvalue weighted by Gasteiger charge is 2.20. The van der Waals surface area contributed by atoms with Crippen molar-refractivity contribution in [2.45, 2.75) is 12.8 Å². The lowest BCUT2D eigenvalue weighted by Gasteiger charge is -2.36. The van der Waals surface area contributed by atoms with Crippen LogP contribution in [0.1, 0.15) is 18.4 Å². The van der Waals surface area contributed by atoms with Crippen LogP contribution in [-0.4, -0.2) is 57.1 Å². The fourth-order valence-electron chi connectivity index (χ4n) is 5.40. The lowest BCUT2D eigenvalue weighted by Crippen LogP contribution is -2.46. The Balaban J connectivity index is 0.945. The van der Waals surface area contributed by atoms with Crippen LogP contribution < -0.4 is 19.3 Å². The smallest absolute Gasteiger partial charge is 0.494 e. The fourth-order valence-corrected chi connectivity index (χ4v) is 6.20. The molecular formula is C34H35N3O4S. The van der Waals surface area contributed by atoms with Gasteiger partial charge in [0.05, 0.1) is 12.3 Å². The monoisotopic (exact) mass is 581 g/mol. The number of hydrogen-bond donors (Lipinski definition) is 0. The number of fused-ring (bicyclic) bond motifs is 2. The molecule has 1 aromatic heterocycles. The Labute approximate surface area is 250 Å². The predicted molar refractivity (Wildman–Crippen MR) is 171 cm³/mol. The largest absolute Gasteiger partial charge is 0.515 e. The standard InChI is InChI=1S/C34H35N3O4S/c1-26-12-13-27-14-15-29(24-32(27)37(26)25-40-34(38)41-28-8-3-2-4-9-28)39-22-6-5-17-35-18-20-36(21-19-35)31-10-7-11-33-30(31)16-23-42-33/h2-4,7-16,23-24H,1,5-6,17-22,25H2. The lowest BCUT2D eigenvalue weighted by molar-refractivity contribution is 0.101. The summed E-state index contributed by atoms with van der Waals surface area (Å²) in [6.45, 7) is 10.1. The summed E-state index contributed by atoms with van der Waals surface area (Å²) in [5.41, 5.74) is 3.97. The molecule has 0 saturated carbocycles. The molecule has 3 aromatic carbocycles. The Morgan fingerprint density at radius 3 is 2.57 bits per heavy atom. The molecule has 6 rings (SSSR count). The number of rotatable bonds is 10. The Hall–Kier alpha value is -4.27. The third-order valence-corrected chi connectivity index (χ3v) is 8.56. The van der Waals surface area contributed by atoms with Gasteiger partial charge >= 0.3 is 6.16 Å². The average Bonchev–Trinajstić information content (AvgIpc) is 3.51. The maximum atomic E-state index is 12.2. The van der Waals surface area contributed by atoms with E-state index >= 15 is 0 Å². The molecule has 0 atom stereocenters. The third kappa shape index (κ3) is 6.61. The highest BCUT2D eigenvalue weighted by Crippen LogP contribution is 2.34.